The van der Waals surface area contributed by atoms with Crippen molar-refractivity contribution < 1.29 is 9.59 Å². The molecule has 0 atom stereocenters. The Balaban J connectivity index is 1.58. The van der Waals surface area contributed by atoms with Gasteiger partial charge in [0.15, 0.2) is 0 Å². The summed E-state index contributed by atoms with van der Waals surface area (Å²) >= 11 is 0. The molecule has 0 unspecified atom stereocenters. The molecule has 5 heteroatoms. The van der Waals surface area contributed by atoms with Crippen molar-refractivity contribution in [2.75, 3.05) is 23.3 Å². The summed E-state index contributed by atoms with van der Waals surface area (Å²) in [5.41, 5.74) is 2.28. The molecule has 148 valence electrons. The van der Waals surface area contributed by atoms with Gasteiger partial charge in [0.2, 0.25) is 5.91 Å². The van der Waals surface area contributed by atoms with Crippen molar-refractivity contribution in [2.45, 2.75) is 45.1 Å². The number of para-hydroxylation sites is 1. The fourth-order valence-corrected chi connectivity index (χ4v) is 3.67. The van der Waals surface area contributed by atoms with E-state index in [0.29, 0.717) is 12.1 Å². The van der Waals surface area contributed by atoms with E-state index >= 15 is 0 Å². The molecule has 3 rings (SSSR count). The zero-order valence-electron chi connectivity index (χ0n) is 16.5. The Morgan fingerprint density at radius 3 is 2.46 bits per heavy atom. The van der Waals surface area contributed by atoms with E-state index in [0.717, 1.165) is 24.2 Å². The SMILES string of the molecule is CCN(C(=O)CNc1cccc(C(=O)NC2CCCCC2)c1)c1ccccc1. The number of anilines is 2. The minimum absolute atomic E-state index is 0.00856. The number of rotatable bonds is 7. The van der Waals surface area contributed by atoms with Crippen LogP contribution in [0.3, 0.4) is 0 Å². The van der Waals surface area contributed by atoms with Gasteiger partial charge in [-0.05, 0) is 50.1 Å². The van der Waals surface area contributed by atoms with Crippen LogP contribution in [0.25, 0.3) is 0 Å². The lowest BCUT2D eigenvalue weighted by atomic mass is 9.95. The van der Waals surface area contributed by atoms with Crippen LogP contribution in [0.4, 0.5) is 11.4 Å². The summed E-state index contributed by atoms with van der Waals surface area (Å²) in [7, 11) is 0. The average molecular weight is 380 g/mol. The number of carbonyl (C=O) groups is 2. The summed E-state index contributed by atoms with van der Waals surface area (Å²) < 4.78 is 0. The lowest BCUT2D eigenvalue weighted by Crippen LogP contribution is -2.36. The van der Waals surface area contributed by atoms with Gasteiger partial charge in [-0.1, -0.05) is 43.5 Å². The molecule has 1 aliphatic rings. The highest BCUT2D eigenvalue weighted by Gasteiger charge is 2.17. The van der Waals surface area contributed by atoms with E-state index in [1.807, 2.05) is 61.5 Å². The van der Waals surface area contributed by atoms with Crippen molar-refractivity contribution in [3.63, 3.8) is 0 Å². The summed E-state index contributed by atoms with van der Waals surface area (Å²) in [5.74, 6) is -0.0490. The van der Waals surface area contributed by atoms with Crippen molar-refractivity contribution >= 4 is 23.2 Å². The molecule has 1 saturated carbocycles. The predicted molar refractivity (Wildman–Crippen MR) is 114 cm³/mol. The zero-order valence-corrected chi connectivity index (χ0v) is 16.5. The van der Waals surface area contributed by atoms with Gasteiger partial charge in [0.05, 0.1) is 6.54 Å². The molecule has 1 aliphatic carbocycles. The standard InChI is InChI=1S/C23H29N3O2/c1-2-26(21-14-7-4-8-15-21)22(27)17-24-20-13-9-10-18(16-20)23(28)25-19-11-5-3-6-12-19/h4,7-10,13-16,19,24H,2-3,5-6,11-12,17H2,1H3,(H,25,28). The zero-order chi connectivity index (χ0) is 19.8. The van der Waals surface area contributed by atoms with Crippen LogP contribution < -0.4 is 15.5 Å². The first kappa shape index (κ1) is 19.9. The van der Waals surface area contributed by atoms with Crippen LogP contribution in [-0.2, 0) is 4.79 Å². The third-order valence-corrected chi connectivity index (χ3v) is 5.19. The first-order valence-corrected chi connectivity index (χ1v) is 10.2. The van der Waals surface area contributed by atoms with Crippen molar-refractivity contribution in [2.24, 2.45) is 0 Å². The number of nitrogens with one attached hydrogen (secondary N) is 2. The van der Waals surface area contributed by atoms with E-state index in [2.05, 4.69) is 10.6 Å². The van der Waals surface area contributed by atoms with Crippen LogP contribution in [0.2, 0.25) is 0 Å². The normalized spacial score (nSPS) is 14.3. The van der Waals surface area contributed by atoms with E-state index in [1.54, 1.807) is 4.90 Å². The molecule has 0 heterocycles. The molecule has 2 amide bonds. The van der Waals surface area contributed by atoms with Gasteiger partial charge in [-0.25, -0.2) is 0 Å². The molecular weight excluding hydrogens is 350 g/mol. The quantitative estimate of drug-likeness (QED) is 0.757. The van der Waals surface area contributed by atoms with Gasteiger partial charge in [-0.2, -0.15) is 0 Å². The van der Waals surface area contributed by atoms with E-state index < -0.39 is 0 Å². The number of benzene rings is 2. The summed E-state index contributed by atoms with van der Waals surface area (Å²) in [5, 5.41) is 6.29. The van der Waals surface area contributed by atoms with Crippen LogP contribution in [0.5, 0.6) is 0 Å². The Morgan fingerprint density at radius 2 is 1.75 bits per heavy atom. The van der Waals surface area contributed by atoms with Gasteiger partial charge in [0.25, 0.3) is 5.91 Å². The van der Waals surface area contributed by atoms with Gasteiger partial charge >= 0.3 is 0 Å². The lowest BCUT2D eigenvalue weighted by molar-refractivity contribution is -0.116. The molecule has 2 N–H and O–H groups in total. The number of hydrogen-bond donors (Lipinski definition) is 2. The second-order valence-electron chi connectivity index (χ2n) is 7.22. The van der Waals surface area contributed by atoms with E-state index in [-0.39, 0.29) is 24.4 Å². The summed E-state index contributed by atoms with van der Waals surface area (Å²) in [6.07, 6.45) is 5.75. The molecule has 0 aliphatic heterocycles. The summed E-state index contributed by atoms with van der Waals surface area (Å²) in [6, 6.07) is 17.3. The molecule has 0 spiro atoms. The van der Waals surface area contributed by atoms with Crippen LogP contribution in [0, 0.1) is 0 Å². The highest BCUT2D eigenvalue weighted by atomic mass is 16.2. The second kappa shape index (κ2) is 9.93. The minimum atomic E-state index is -0.0404. The molecule has 0 aromatic heterocycles. The maximum absolute atomic E-state index is 12.6. The lowest BCUT2D eigenvalue weighted by Gasteiger charge is -2.23. The fraction of sp³-hybridized carbons (Fsp3) is 0.391. The van der Waals surface area contributed by atoms with Crippen LogP contribution in [-0.4, -0.2) is 30.9 Å². The molecule has 0 bridgehead atoms. The molecule has 0 radical (unpaired) electrons. The minimum Gasteiger partial charge on any atom is -0.376 e. The Hall–Kier alpha value is -2.82. The van der Waals surface area contributed by atoms with Crippen LogP contribution in [0.15, 0.2) is 54.6 Å². The smallest absolute Gasteiger partial charge is 0.251 e. The highest BCUT2D eigenvalue weighted by molar-refractivity contribution is 5.97. The van der Waals surface area contributed by atoms with E-state index in [1.165, 1.54) is 19.3 Å². The Labute approximate surface area is 167 Å². The number of hydrogen-bond acceptors (Lipinski definition) is 3. The molecule has 1 fully saturated rings. The summed E-state index contributed by atoms with van der Waals surface area (Å²) in [4.78, 5) is 26.9. The number of nitrogens with zero attached hydrogens (tertiary/aromatic N) is 1. The molecule has 28 heavy (non-hydrogen) atoms. The van der Waals surface area contributed by atoms with Crippen LogP contribution in [0.1, 0.15) is 49.4 Å². The predicted octanol–water partition coefficient (Wildman–Crippen LogP) is 4.21. The number of carbonyl (C=O) groups excluding carboxylic acids is 2. The maximum Gasteiger partial charge on any atom is 0.251 e. The molecular formula is C23H29N3O2. The van der Waals surface area contributed by atoms with Crippen molar-refractivity contribution in [3.05, 3.63) is 60.2 Å². The maximum atomic E-state index is 12.6. The third kappa shape index (κ3) is 5.35. The van der Waals surface area contributed by atoms with Gasteiger partial charge in [0.1, 0.15) is 0 Å². The fourth-order valence-electron chi connectivity index (χ4n) is 3.67. The summed E-state index contributed by atoms with van der Waals surface area (Å²) in [6.45, 7) is 2.74. The first-order valence-electron chi connectivity index (χ1n) is 10.2. The highest BCUT2D eigenvalue weighted by Crippen LogP contribution is 2.19. The molecule has 5 nitrogen and oxygen atoms in total. The second-order valence-corrected chi connectivity index (χ2v) is 7.22. The number of likely N-dealkylation sites (N-methyl/N-ethyl adjacent to an activating group) is 1. The Morgan fingerprint density at radius 1 is 1.00 bits per heavy atom. The van der Waals surface area contributed by atoms with Crippen molar-refractivity contribution in [1.82, 2.24) is 5.32 Å². The van der Waals surface area contributed by atoms with Gasteiger partial charge < -0.3 is 15.5 Å². The third-order valence-electron chi connectivity index (χ3n) is 5.19. The largest absolute Gasteiger partial charge is 0.376 e. The molecule has 0 saturated heterocycles. The first-order chi connectivity index (χ1) is 13.7. The van der Waals surface area contributed by atoms with Crippen LogP contribution >= 0.6 is 0 Å². The van der Waals surface area contributed by atoms with E-state index in [4.69, 9.17) is 0 Å². The van der Waals surface area contributed by atoms with E-state index in [9.17, 15) is 9.59 Å². The Kier molecular flexibility index (Phi) is 7.06. The monoisotopic (exact) mass is 379 g/mol. The molecule has 2 aromatic rings. The molecule has 2 aromatic carbocycles. The average Bonchev–Trinajstić information content (AvgIpc) is 2.74. The van der Waals surface area contributed by atoms with Gasteiger partial charge in [0, 0.05) is 29.5 Å². The van der Waals surface area contributed by atoms with Crippen molar-refractivity contribution in [3.8, 4) is 0 Å². The van der Waals surface area contributed by atoms with Gasteiger partial charge in [-0.15, -0.1) is 0 Å². The van der Waals surface area contributed by atoms with Crippen molar-refractivity contribution in [1.29, 1.82) is 0 Å². The van der Waals surface area contributed by atoms with Gasteiger partial charge in [-0.3, -0.25) is 9.59 Å². The topological polar surface area (TPSA) is 61.4 Å². The number of amides is 2. The Bertz CT molecular complexity index is 785.